The van der Waals surface area contributed by atoms with E-state index in [1.807, 2.05) is 33.3 Å². The zero-order chi connectivity index (χ0) is 52.9. The third kappa shape index (κ3) is 52.1. The van der Waals surface area contributed by atoms with Crippen molar-refractivity contribution < 1.29 is 37.3 Å². The number of nitrogens with one attached hydrogen (secondary N) is 1. The summed E-state index contributed by atoms with van der Waals surface area (Å²) in [6.45, 7) is 6.84. The molecule has 0 saturated carbocycles. The van der Waals surface area contributed by atoms with Gasteiger partial charge in [0.25, 0.3) is 0 Å². The topological polar surface area (TPSA) is 111 Å². The monoisotopic (exact) mass is 1030 g/mol. The zero-order valence-corrected chi connectivity index (χ0v) is 48.3. The van der Waals surface area contributed by atoms with Gasteiger partial charge in [-0.2, -0.15) is 0 Å². The maximum absolute atomic E-state index is 13.5. The van der Waals surface area contributed by atoms with E-state index >= 15 is 0 Å². The molecule has 0 saturated heterocycles. The molecule has 0 heterocycles. The number of amides is 1. The molecule has 0 radical (unpaired) electrons. The molecule has 0 aromatic heterocycles. The number of carbonyl (C=O) groups is 2. The van der Waals surface area contributed by atoms with E-state index in [-0.39, 0.29) is 31.5 Å². The Morgan fingerprint density at radius 3 is 1.36 bits per heavy atom. The molecule has 416 valence electrons. The van der Waals surface area contributed by atoms with Crippen LogP contribution in [0.1, 0.15) is 245 Å². The van der Waals surface area contributed by atoms with Crippen LogP contribution in [0.25, 0.3) is 0 Å². The molecule has 0 rings (SSSR count). The molecular weight excluding hydrogens is 916 g/mol. The first-order chi connectivity index (χ1) is 34.9. The highest BCUT2D eigenvalue weighted by Gasteiger charge is 2.30. The van der Waals surface area contributed by atoms with E-state index in [1.165, 1.54) is 89.9 Å². The van der Waals surface area contributed by atoms with Gasteiger partial charge in [-0.3, -0.25) is 18.6 Å². The molecule has 2 N–H and O–H groups in total. The molecule has 0 bridgehead atoms. The van der Waals surface area contributed by atoms with E-state index in [0.717, 1.165) is 116 Å². The number of allylic oxidation sites excluding steroid dienone is 13. The lowest BCUT2D eigenvalue weighted by Crippen LogP contribution is -2.47. The average Bonchev–Trinajstić information content (AvgIpc) is 3.34. The molecule has 1 amide bonds. The molecular formula is C62H112N2O7P+. The smallest absolute Gasteiger partial charge is 0.456 e. The van der Waals surface area contributed by atoms with Crippen LogP contribution in [0, 0.1) is 0 Å². The van der Waals surface area contributed by atoms with Crippen LogP contribution < -0.4 is 5.32 Å². The first-order valence-corrected chi connectivity index (χ1v) is 30.9. The van der Waals surface area contributed by atoms with Gasteiger partial charge in [0.1, 0.15) is 19.3 Å². The number of phosphoric ester groups is 1. The molecule has 0 aromatic carbocycles. The summed E-state index contributed by atoms with van der Waals surface area (Å²) in [6, 6.07) is -0.868. The summed E-state index contributed by atoms with van der Waals surface area (Å²) >= 11 is 0. The highest BCUT2D eigenvalue weighted by atomic mass is 31.2. The van der Waals surface area contributed by atoms with Crippen LogP contribution in [0.5, 0.6) is 0 Å². The minimum Gasteiger partial charge on any atom is -0.456 e. The van der Waals surface area contributed by atoms with Gasteiger partial charge in [-0.05, 0) is 102 Å². The number of esters is 1. The molecule has 0 fully saturated rings. The highest BCUT2D eigenvalue weighted by molar-refractivity contribution is 7.47. The van der Waals surface area contributed by atoms with Crippen molar-refractivity contribution in [3.05, 3.63) is 85.1 Å². The van der Waals surface area contributed by atoms with Crippen LogP contribution in [-0.4, -0.2) is 74.3 Å². The predicted octanol–water partition coefficient (Wildman–Crippen LogP) is 17.8. The number of phosphoric acid groups is 1. The van der Waals surface area contributed by atoms with E-state index < -0.39 is 20.0 Å². The number of hydrogen-bond acceptors (Lipinski definition) is 6. The van der Waals surface area contributed by atoms with Crippen molar-refractivity contribution in [3.63, 3.8) is 0 Å². The number of likely N-dealkylation sites (N-methyl/N-ethyl adjacent to an activating group) is 1. The van der Waals surface area contributed by atoms with Gasteiger partial charge in [-0.1, -0.05) is 215 Å². The second kappa shape index (κ2) is 51.7. The Balaban J connectivity index is 5.39. The van der Waals surface area contributed by atoms with Gasteiger partial charge in [0.2, 0.25) is 5.91 Å². The molecule has 9 nitrogen and oxygen atoms in total. The Morgan fingerprint density at radius 1 is 0.500 bits per heavy atom. The lowest BCUT2D eigenvalue weighted by Gasteiger charge is -2.27. The first-order valence-electron chi connectivity index (χ1n) is 29.4. The van der Waals surface area contributed by atoms with Gasteiger partial charge in [0, 0.05) is 12.8 Å². The number of quaternary nitrogens is 1. The maximum Gasteiger partial charge on any atom is 0.472 e. The fourth-order valence-electron chi connectivity index (χ4n) is 8.02. The Labute approximate surface area is 444 Å². The Morgan fingerprint density at radius 2 is 0.889 bits per heavy atom. The molecule has 0 aromatic rings. The molecule has 10 heteroatoms. The van der Waals surface area contributed by atoms with E-state index in [1.54, 1.807) is 0 Å². The number of unbranched alkanes of at least 4 members (excludes halogenated alkanes) is 24. The van der Waals surface area contributed by atoms with Gasteiger partial charge >= 0.3 is 13.8 Å². The molecule has 0 aliphatic heterocycles. The highest BCUT2D eigenvalue weighted by Crippen LogP contribution is 2.43. The lowest BCUT2D eigenvalue weighted by molar-refractivity contribution is -0.870. The predicted molar refractivity (Wildman–Crippen MR) is 309 cm³/mol. The van der Waals surface area contributed by atoms with Crippen molar-refractivity contribution in [2.45, 2.75) is 258 Å². The molecule has 0 aliphatic rings. The van der Waals surface area contributed by atoms with E-state index in [2.05, 4.69) is 99.0 Å². The normalized spacial score (nSPS) is 14.4. The van der Waals surface area contributed by atoms with Gasteiger partial charge in [-0.15, -0.1) is 0 Å². The second-order valence-electron chi connectivity index (χ2n) is 20.8. The molecule has 72 heavy (non-hydrogen) atoms. The second-order valence-corrected chi connectivity index (χ2v) is 22.2. The number of ether oxygens (including phenoxy) is 1. The van der Waals surface area contributed by atoms with Gasteiger partial charge < -0.3 is 19.4 Å². The summed E-state index contributed by atoms with van der Waals surface area (Å²) < 4.78 is 30.6. The number of carbonyl (C=O) groups excluding carboxylic acids is 2. The number of nitrogens with zero attached hydrogens (tertiary/aromatic N) is 1. The summed E-state index contributed by atoms with van der Waals surface area (Å²) in [7, 11) is 1.46. The molecule has 0 aliphatic carbocycles. The zero-order valence-electron chi connectivity index (χ0n) is 47.4. The minimum absolute atomic E-state index is 0.0300. The summed E-state index contributed by atoms with van der Waals surface area (Å²) in [4.78, 5) is 37.6. The van der Waals surface area contributed by atoms with Crippen LogP contribution in [0.15, 0.2) is 85.1 Å². The minimum atomic E-state index is -4.46. The number of rotatable bonds is 52. The Hall–Kier alpha value is -2.81. The summed E-state index contributed by atoms with van der Waals surface area (Å²) in [5.41, 5.74) is 0. The number of hydrogen-bond donors (Lipinski definition) is 2. The standard InChI is InChI=1S/C62H111N2O7P/c1-7-10-13-16-19-22-25-28-30-31-32-33-34-36-39-42-45-48-51-54-61(65)63-59(58-70-72(67,68)69-57-56-64(4,5)6)60(53-50-47-44-41-38-35-27-24-21-18-15-12-9-3)71-62(66)55-52-49-46-43-40-37-29-26-23-20-17-14-11-8-2/h11,14,19-20,22-23,28-30,32-33,37,50,53,59-60H,7-10,12-13,15-18,21,24-27,31,34-36,38-49,51-52,54-58H2,1-6H3,(H-,63,65,67,68)/p+1/b14-11+,22-19-,23-20+,30-28-,33-32-,37-29+,53-50-. The van der Waals surface area contributed by atoms with Crippen molar-refractivity contribution in [1.82, 2.24) is 5.32 Å². The maximum atomic E-state index is 13.5. The Bertz CT molecular complexity index is 1510. The van der Waals surface area contributed by atoms with Crippen molar-refractivity contribution in [1.29, 1.82) is 0 Å². The summed E-state index contributed by atoms with van der Waals surface area (Å²) in [6.07, 6.45) is 67.1. The van der Waals surface area contributed by atoms with E-state index in [0.29, 0.717) is 23.9 Å². The third-order valence-electron chi connectivity index (χ3n) is 12.6. The van der Waals surface area contributed by atoms with Crippen LogP contribution in [0.2, 0.25) is 0 Å². The summed E-state index contributed by atoms with van der Waals surface area (Å²) in [5, 5.41) is 3.04. The van der Waals surface area contributed by atoms with Crippen LogP contribution in [0.4, 0.5) is 0 Å². The fourth-order valence-corrected chi connectivity index (χ4v) is 8.75. The van der Waals surface area contributed by atoms with Gasteiger partial charge in [0.15, 0.2) is 0 Å². The van der Waals surface area contributed by atoms with Crippen molar-refractivity contribution in [2.24, 2.45) is 0 Å². The SMILES string of the molecule is CC/C=C/C/C=C/C/C=C/CCCCCCC(=O)OC(/C=C\CCCCCCCCCCCCC)C(COP(=O)(O)OCC[N+](C)(C)C)NC(=O)CCCCCCCC/C=C\C/C=C\C/C=C\CCCCC. The van der Waals surface area contributed by atoms with Crippen molar-refractivity contribution >= 4 is 19.7 Å². The van der Waals surface area contributed by atoms with Gasteiger partial charge in [-0.25, -0.2) is 4.57 Å². The first kappa shape index (κ1) is 69.2. The van der Waals surface area contributed by atoms with Crippen LogP contribution >= 0.6 is 7.82 Å². The largest absolute Gasteiger partial charge is 0.472 e. The van der Waals surface area contributed by atoms with Crippen molar-refractivity contribution in [2.75, 3.05) is 40.9 Å². The summed E-state index contributed by atoms with van der Waals surface area (Å²) in [5.74, 6) is -0.548. The molecule has 3 atom stereocenters. The fraction of sp³-hybridized carbons (Fsp3) is 0.742. The van der Waals surface area contributed by atoms with E-state index in [4.69, 9.17) is 13.8 Å². The average molecular weight is 1030 g/mol. The lowest BCUT2D eigenvalue weighted by atomic mass is 10.0. The van der Waals surface area contributed by atoms with E-state index in [9.17, 15) is 19.0 Å². The quantitative estimate of drug-likeness (QED) is 0.0205. The molecule has 3 unspecified atom stereocenters. The van der Waals surface area contributed by atoms with Crippen LogP contribution in [-0.2, 0) is 27.9 Å². The van der Waals surface area contributed by atoms with Crippen LogP contribution in [0.3, 0.4) is 0 Å². The third-order valence-corrected chi connectivity index (χ3v) is 13.6. The van der Waals surface area contributed by atoms with Gasteiger partial charge in [0.05, 0.1) is 33.8 Å². The van der Waals surface area contributed by atoms with Crippen molar-refractivity contribution in [3.8, 4) is 0 Å². The Kier molecular flexibility index (Phi) is 49.6. The molecule has 0 spiro atoms.